The molecular formula is C24H21N3O4. The number of nitrogens with zero attached hydrogens (tertiary/aromatic N) is 2. The molecule has 4 aromatic rings. The molecule has 0 radical (unpaired) electrons. The molecule has 156 valence electrons. The SMILES string of the molecule is COc1ccc(OC)c(/C=N/NC(=O)c2cc(-c3ccc(C)o3)nc3ccccc23)c1. The summed E-state index contributed by atoms with van der Waals surface area (Å²) in [5, 5.41) is 4.83. The Labute approximate surface area is 179 Å². The van der Waals surface area contributed by atoms with Crippen molar-refractivity contribution >= 4 is 23.0 Å². The third-order valence-electron chi connectivity index (χ3n) is 4.76. The van der Waals surface area contributed by atoms with Crippen molar-refractivity contribution in [3.8, 4) is 23.0 Å². The lowest BCUT2D eigenvalue weighted by Gasteiger charge is -2.08. The van der Waals surface area contributed by atoms with Gasteiger partial charge in [0.25, 0.3) is 5.91 Å². The number of rotatable bonds is 6. The van der Waals surface area contributed by atoms with Gasteiger partial charge in [0.05, 0.1) is 31.5 Å². The van der Waals surface area contributed by atoms with Gasteiger partial charge in [0, 0.05) is 10.9 Å². The van der Waals surface area contributed by atoms with Crippen LogP contribution in [0, 0.1) is 6.92 Å². The smallest absolute Gasteiger partial charge is 0.272 e. The van der Waals surface area contributed by atoms with Crippen LogP contribution in [0.4, 0.5) is 0 Å². The second-order valence-electron chi connectivity index (χ2n) is 6.79. The first-order chi connectivity index (χ1) is 15.1. The zero-order chi connectivity index (χ0) is 21.8. The summed E-state index contributed by atoms with van der Waals surface area (Å²) in [5.74, 6) is 2.28. The number of hydrazone groups is 1. The quantitative estimate of drug-likeness (QED) is 0.368. The van der Waals surface area contributed by atoms with Crippen LogP contribution >= 0.6 is 0 Å². The zero-order valence-electron chi connectivity index (χ0n) is 17.4. The largest absolute Gasteiger partial charge is 0.497 e. The van der Waals surface area contributed by atoms with Gasteiger partial charge in [-0.1, -0.05) is 18.2 Å². The van der Waals surface area contributed by atoms with Gasteiger partial charge in [-0.05, 0) is 49.4 Å². The molecule has 7 nitrogen and oxygen atoms in total. The number of amides is 1. The van der Waals surface area contributed by atoms with Crippen molar-refractivity contribution < 1.29 is 18.7 Å². The van der Waals surface area contributed by atoms with Crippen molar-refractivity contribution in [1.82, 2.24) is 10.4 Å². The molecule has 0 saturated heterocycles. The van der Waals surface area contributed by atoms with Crippen LogP contribution in [-0.4, -0.2) is 31.3 Å². The molecule has 1 N–H and O–H groups in total. The third-order valence-corrected chi connectivity index (χ3v) is 4.76. The number of para-hydroxylation sites is 1. The second kappa shape index (κ2) is 8.71. The van der Waals surface area contributed by atoms with E-state index in [1.54, 1.807) is 38.5 Å². The normalized spacial score (nSPS) is 11.1. The number of furan rings is 1. The van der Waals surface area contributed by atoms with Gasteiger partial charge in [0.2, 0.25) is 0 Å². The van der Waals surface area contributed by atoms with Gasteiger partial charge < -0.3 is 13.9 Å². The van der Waals surface area contributed by atoms with Crippen LogP contribution in [0.25, 0.3) is 22.4 Å². The molecule has 31 heavy (non-hydrogen) atoms. The maximum Gasteiger partial charge on any atom is 0.272 e. The Kier molecular flexibility index (Phi) is 5.66. The fourth-order valence-corrected chi connectivity index (χ4v) is 3.22. The molecule has 0 aliphatic heterocycles. The van der Waals surface area contributed by atoms with E-state index in [0.29, 0.717) is 39.6 Å². The number of hydrogen-bond donors (Lipinski definition) is 1. The zero-order valence-corrected chi connectivity index (χ0v) is 17.4. The second-order valence-corrected chi connectivity index (χ2v) is 6.79. The standard InChI is InChI=1S/C24H21N3O4/c1-15-8-10-23(31-15)21-13-19(18-6-4-5-7-20(18)26-21)24(28)27-25-14-16-12-17(29-2)9-11-22(16)30-3/h4-14H,1-3H3,(H,27,28)/b25-14+. The molecule has 1 amide bonds. The van der Waals surface area contributed by atoms with E-state index in [0.717, 1.165) is 11.1 Å². The number of carbonyl (C=O) groups is 1. The van der Waals surface area contributed by atoms with Gasteiger partial charge in [-0.2, -0.15) is 5.10 Å². The van der Waals surface area contributed by atoms with Crippen LogP contribution in [0.1, 0.15) is 21.7 Å². The fourth-order valence-electron chi connectivity index (χ4n) is 3.22. The van der Waals surface area contributed by atoms with Crippen LogP contribution in [0.5, 0.6) is 11.5 Å². The lowest BCUT2D eigenvalue weighted by Crippen LogP contribution is -2.18. The lowest BCUT2D eigenvalue weighted by molar-refractivity contribution is 0.0956. The summed E-state index contributed by atoms with van der Waals surface area (Å²) >= 11 is 0. The number of carbonyl (C=O) groups excluding carboxylic acids is 1. The molecule has 7 heteroatoms. The highest BCUT2D eigenvalue weighted by Gasteiger charge is 2.15. The van der Waals surface area contributed by atoms with Crippen LogP contribution in [0.2, 0.25) is 0 Å². The molecule has 0 fully saturated rings. The molecule has 2 heterocycles. The molecule has 4 rings (SSSR count). The van der Waals surface area contributed by atoms with Crippen molar-refractivity contribution in [1.29, 1.82) is 0 Å². The van der Waals surface area contributed by atoms with Gasteiger partial charge in [-0.3, -0.25) is 4.79 Å². The summed E-state index contributed by atoms with van der Waals surface area (Å²) in [4.78, 5) is 17.6. The lowest BCUT2D eigenvalue weighted by atomic mass is 10.1. The topological polar surface area (TPSA) is 86.0 Å². The number of hydrogen-bond acceptors (Lipinski definition) is 6. The Balaban J connectivity index is 1.66. The van der Waals surface area contributed by atoms with E-state index in [4.69, 9.17) is 13.9 Å². The maximum atomic E-state index is 13.0. The molecule has 0 saturated carbocycles. The molecule has 2 aromatic carbocycles. The van der Waals surface area contributed by atoms with Crippen molar-refractivity contribution in [2.45, 2.75) is 6.92 Å². The summed E-state index contributed by atoms with van der Waals surface area (Å²) in [7, 11) is 3.15. The Hall–Kier alpha value is -4.13. The number of aromatic nitrogens is 1. The van der Waals surface area contributed by atoms with E-state index in [1.807, 2.05) is 43.3 Å². The molecule has 0 spiro atoms. The summed E-state index contributed by atoms with van der Waals surface area (Å²) in [5.41, 5.74) is 4.98. The third kappa shape index (κ3) is 4.25. The monoisotopic (exact) mass is 415 g/mol. The molecule has 0 aliphatic carbocycles. The van der Waals surface area contributed by atoms with Gasteiger partial charge >= 0.3 is 0 Å². The van der Waals surface area contributed by atoms with E-state index in [9.17, 15) is 4.79 Å². The van der Waals surface area contributed by atoms with Gasteiger partial charge in [0.15, 0.2) is 5.76 Å². The van der Waals surface area contributed by atoms with E-state index in [-0.39, 0.29) is 5.91 Å². The van der Waals surface area contributed by atoms with Gasteiger partial charge in [-0.15, -0.1) is 0 Å². The minimum atomic E-state index is -0.360. The first-order valence-electron chi connectivity index (χ1n) is 9.61. The Morgan fingerprint density at radius 2 is 1.90 bits per heavy atom. The number of ether oxygens (including phenoxy) is 2. The first-order valence-corrected chi connectivity index (χ1v) is 9.61. The van der Waals surface area contributed by atoms with E-state index in [1.165, 1.54) is 6.21 Å². The van der Waals surface area contributed by atoms with Crippen molar-refractivity contribution in [2.75, 3.05) is 14.2 Å². The van der Waals surface area contributed by atoms with E-state index in [2.05, 4.69) is 15.5 Å². The Morgan fingerprint density at radius 1 is 1.06 bits per heavy atom. The number of fused-ring (bicyclic) bond motifs is 1. The van der Waals surface area contributed by atoms with Crippen LogP contribution < -0.4 is 14.9 Å². The highest BCUT2D eigenvalue weighted by molar-refractivity contribution is 6.07. The molecule has 2 aromatic heterocycles. The predicted molar refractivity (Wildman–Crippen MR) is 119 cm³/mol. The number of aryl methyl sites for hydroxylation is 1. The molecule has 0 bridgehead atoms. The minimum Gasteiger partial charge on any atom is -0.497 e. The highest BCUT2D eigenvalue weighted by Crippen LogP contribution is 2.26. The number of pyridine rings is 1. The minimum absolute atomic E-state index is 0.360. The summed E-state index contributed by atoms with van der Waals surface area (Å²) in [6.07, 6.45) is 1.51. The van der Waals surface area contributed by atoms with Crippen LogP contribution in [-0.2, 0) is 0 Å². The average molecular weight is 415 g/mol. The molecule has 0 atom stereocenters. The summed E-state index contributed by atoms with van der Waals surface area (Å²) < 4.78 is 16.3. The maximum absolute atomic E-state index is 13.0. The van der Waals surface area contributed by atoms with Crippen molar-refractivity contribution in [2.24, 2.45) is 5.10 Å². The molecule has 0 aliphatic rings. The number of benzene rings is 2. The fraction of sp³-hybridized carbons (Fsp3) is 0.125. The average Bonchev–Trinajstić information content (AvgIpc) is 3.24. The number of methoxy groups -OCH3 is 2. The molecular weight excluding hydrogens is 394 g/mol. The van der Waals surface area contributed by atoms with Crippen molar-refractivity contribution in [3.05, 3.63) is 77.6 Å². The van der Waals surface area contributed by atoms with E-state index >= 15 is 0 Å². The van der Waals surface area contributed by atoms with Crippen LogP contribution in [0.3, 0.4) is 0 Å². The van der Waals surface area contributed by atoms with Gasteiger partial charge in [0.1, 0.15) is 23.0 Å². The van der Waals surface area contributed by atoms with Crippen LogP contribution in [0.15, 0.2) is 70.2 Å². The summed E-state index contributed by atoms with van der Waals surface area (Å²) in [6.45, 7) is 1.86. The molecule has 0 unspecified atom stereocenters. The van der Waals surface area contributed by atoms with Crippen molar-refractivity contribution in [3.63, 3.8) is 0 Å². The highest BCUT2D eigenvalue weighted by atomic mass is 16.5. The first kappa shape index (κ1) is 20.2. The summed E-state index contributed by atoms with van der Waals surface area (Å²) in [6, 6.07) is 18.2. The van der Waals surface area contributed by atoms with Gasteiger partial charge in [-0.25, -0.2) is 10.4 Å². The predicted octanol–water partition coefficient (Wildman–Crippen LogP) is 4.58. The Bertz CT molecular complexity index is 1280. The van der Waals surface area contributed by atoms with E-state index < -0.39 is 0 Å². The Morgan fingerprint density at radius 3 is 2.65 bits per heavy atom. The number of nitrogens with one attached hydrogen (secondary N) is 1.